The minimum Gasteiger partial charge on any atom is -0.352 e. The van der Waals surface area contributed by atoms with E-state index >= 15 is 0 Å². The van der Waals surface area contributed by atoms with Crippen molar-refractivity contribution in [2.45, 2.75) is 31.8 Å². The smallest absolute Gasteiger partial charge is 0.151 e. The largest absolute Gasteiger partial charge is 0.352 e. The van der Waals surface area contributed by atoms with Crippen molar-refractivity contribution in [2.24, 2.45) is 0 Å². The van der Waals surface area contributed by atoms with Crippen molar-refractivity contribution in [3.8, 4) is 0 Å². The molecular formula is C15H19N5S. The van der Waals surface area contributed by atoms with Gasteiger partial charge in [-0.3, -0.25) is 4.90 Å². The molecule has 5 nitrogen and oxygen atoms in total. The first-order valence-corrected chi connectivity index (χ1v) is 8.32. The summed E-state index contributed by atoms with van der Waals surface area (Å²) < 4.78 is 4.16. The van der Waals surface area contributed by atoms with Gasteiger partial charge in [-0.1, -0.05) is 0 Å². The van der Waals surface area contributed by atoms with E-state index in [1.54, 1.807) is 0 Å². The Morgan fingerprint density at radius 1 is 1.33 bits per heavy atom. The first kappa shape index (κ1) is 13.2. The molecule has 0 amide bonds. The summed E-state index contributed by atoms with van der Waals surface area (Å²) in [4.78, 5) is 4.74. The molecule has 0 atom stereocenters. The van der Waals surface area contributed by atoms with Crippen LogP contribution in [-0.2, 0) is 19.4 Å². The molecule has 21 heavy (non-hydrogen) atoms. The minimum absolute atomic E-state index is 0.597. The van der Waals surface area contributed by atoms with E-state index in [4.69, 9.17) is 0 Å². The Morgan fingerprint density at radius 2 is 2.24 bits per heavy atom. The Morgan fingerprint density at radius 3 is 3.05 bits per heavy atom. The molecule has 0 unspecified atom stereocenters. The lowest BCUT2D eigenvalue weighted by Crippen LogP contribution is -2.58. The van der Waals surface area contributed by atoms with E-state index in [0.717, 1.165) is 31.9 Å². The second-order valence-corrected chi connectivity index (χ2v) is 6.69. The summed E-state index contributed by atoms with van der Waals surface area (Å²) in [5, 5.41) is 10.9. The molecule has 6 heteroatoms. The van der Waals surface area contributed by atoms with Gasteiger partial charge in [-0.15, -0.1) is 5.10 Å². The van der Waals surface area contributed by atoms with E-state index < -0.39 is 0 Å². The summed E-state index contributed by atoms with van der Waals surface area (Å²) in [6.45, 7) is 3.06. The SMILES string of the molecule is CN(Cc1cnsc1)C1CN(c2cc3c(nn2)CCC3)C1. The molecular weight excluding hydrogens is 282 g/mol. The summed E-state index contributed by atoms with van der Waals surface area (Å²) in [6, 6.07) is 2.84. The molecule has 2 aromatic rings. The van der Waals surface area contributed by atoms with E-state index in [9.17, 15) is 0 Å². The zero-order valence-corrected chi connectivity index (χ0v) is 13.0. The van der Waals surface area contributed by atoms with Crippen LogP contribution in [0.25, 0.3) is 0 Å². The standard InChI is InChI=1S/C15H19N5S/c1-19(7-11-6-16-21-10-11)13-8-20(9-13)15-5-12-3-2-4-14(12)17-18-15/h5-6,10,13H,2-4,7-9H2,1H3. The molecule has 0 spiro atoms. The molecule has 0 saturated carbocycles. The highest BCUT2D eigenvalue weighted by molar-refractivity contribution is 7.03. The van der Waals surface area contributed by atoms with Gasteiger partial charge in [0.05, 0.1) is 5.69 Å². The maximum absolute atomic E-state index is 4.39. The Kier molecular flexibility index (Phi) is 3.35. The zero-order valence-electron chi connectivity index (χ0n) is 12.2. The van der Waals surface area contributed by atoms with Gasteiger partial charge < -0.3 is 4.90 Å². The maximum atomic E-state index is 4.39. The normalized spacial score (nSPS) is 18.1. The van der Waals surface area contributed by atoms with Crippen LogP contribution < -0.4 is 4.90 Å². The Bertz CT molecular complexity index is 621. The molecule has 110 valence electrons. The molecule has 2 aliphatic rings. The number of aryl methyl sites for hydroxylation is 2. The van der Waals surface area contributed by atoms with Crippen LogP contribution in [0.5, 0.6) is 0 Å². The van der Waals surface area contributed by atoms with Gasteiger partial charge in [0.25, 0.3) is 0 Å². The molecule has 1 saturated heterocycles. The monoisotopic (exact) mass is 301 g/mol. The fourth-order valence-corrected chi connectivity index (χ4v) is 3.64. The van der Waals surface area contributed by atoms with Gasteiger partial charge in [0.1, 0.15) is 0 Å². The van der Waals surface area contributed by atoms with Crippen molar-refractivity contribution in [2.75, 3.05) is 25.0 Å². The average Bonchev–Trinajstić information content (AvgIpc) is 3.07. The van der Waals surface area contributed by atoms with Gasteiger partial charge in [-0.05, 0) is 55.0 Å². The molecule has 3 heterocycles. The molecule has 4 rings (SSSR count). The number of aromatic nitrogens is 3. The number of nitrogens with zero attached hydrogens (tertiary/aromatic N) is 5. The van der Waals surface area contributed by atoms with E-state index in [2.05, 4.69) is 42.9 Å². The highest BCUT2D eigenvalue weighted by Gasteiger charge is 2.31. The van der Waals surface area contributed by atoms with Gasteiger partial charge in [-0.25, -0.2) is 4.37 Å². The van der Waals surface area contributed by atoms with Crippen LogP contribution in [0.15, 0.2) is 17.6 Å². The number of hydrogen-bond donors (Lipinski definition) is 0. The number of likely N-dealkylation sites (N-methyl/N-ethyl adjacent to an activating group) is 1. The average molecular weight is 301 g/mol. The number of rotatable bonds is 4. The second-order valence-electron chi connectivity index (χ2n) is 6.03. The van der Waals surface area contributed by atoms with Crippen molar-refractivity contribution >= 4 is 17.4 Å². The van der Waals surface area contributed by atoms with Crippen LogP contribution in [0, 0.1) is 0 Å². The number of anilines is 1. The fraction of sp³-hybridized carbons (Fsp3) is 0.533. The van der Waals surface area contributed by atoms with Crippen molar-refractivity contribution < 1.29 is 0 Å². The zero-order chi connectivity index (χ0) is 14.2. The summed E-state index contributed by atoms with van der Waals surface area (Å²) >= 11 is 1.52. The third-order valence-corrected chi connectivity index (χ3v) is 5.17. The third-order valence-electron chi connectivity index (χ3n) is 4.53. The molecule has 1 aliphatic carbocycles. The molecule has 0 bridgehead atoms. The summed E-state index contributed by atoms with van der Waals surface area (Å²) in [5.74, 6) is 1.05. The van der Waals surface area contributed by atoms with Crippen LogP contribution in [0.2, 0.25) is 0 Å². The van der Waals surface area contributed by atoms with Crippen LogP contribution in [0.3, 0.4) is 0 Å². The van der Waals surface area contributed by atoms with Gasteiger partial charge >= 0.3 is 0 Å². The first-order chi connectivity index (χ1) is 10.3. The first-order valence-electron chi connectivity index (χ1n) is 7.48. The van der Waals surface area contributed by atoms with E-state index in [1.807, 2.05) is 6.20 Å². The minimum atomic E-state index is 0.597. The lowest BCUT2D eigenvalue weighted by Gasteiger charge is -2.44. The van der Waals surface area contributed by atoms with Gasteiger partial charge in [0.2, 0.25) is 0 Å². The Hall–Kier alpha value is -1.53. The van der Waals surface area contributed by atoms with E-state index in [1.165, 1.54) is 41.2 Å². The fourth-order valence-electron chi connectivity index (χ4n) is 3.11. The molecule has 0 aromatic carbocycles. The van der Waals surface area contributed by atoms with Crippen molar-refractivity contribution in [3.05, 3.63) is 34.5 Å². The second kappa shape index (κ2) is 5.35. The molecule has 1 fully saturated rings. The summed E-state index contributed by atoms with van der Waals surface area (Å²) in [7, 11) is 2.19. The Balaban J connectivity index is 1.36. The van der Waals surface area contributed by atoms with Crippen LogP contribution in [-0.4, -0.2) is 45.6 Å². The van der Waals surface area contributed by atoms with Gasteiger partial charge in [-0.2, -0.15) is 5.10 Å². The van der Waals surface area contributed by atoms with Gasteiger partial charge in [0, 0.05) is 37.3 Å². The molecule has 2 aromatic heterocycles. The highest BCUT2D eigenvalue weighted by atomic mass is 32.1. The van der Waals surface area contributed by atoms with Crippen LogP contribution in [0.4, 0.5) is 5.82 Å². The number of fused-ring (bicyclic) bond motifs is 1. The van der Waals surface area contributed by atoms with Crippen molar-refractivity contribution in [1.29, 1.82) is 0 Å². The predicted molar refractivity (Wildman–Crippen MR) is 83.6 cm³/mol. The van der Waals surface area contributed by atoms with E-state index in [-0.39, 0.29) is 0 Å². The quantitative estimate of drug-likeness (QED) is 0.861. The topological polar surface area (TPSA) is 45.2 Å². The Labute approximate surface area is 128 Å². The molecule has 0 N–H and O–H groups in total. The highest BCUT2D eigenvalue weighted by Crippen LogP contribution is 2.26. The van der Waals surface area contributed by atoms with E-state index in [0.29, 0.717) is 6.04 Å². The lowest BCUT2D eigenvalue weighted by atomic mass is 10.1. The maximum Gasteiger partial charge on any atom is 0.151 e. The van der Waals surface area contributed by atoms with Gasteiger partial charge in [0.15, 0.2) is 5.82 Å². The predicted octanol–water partition coefficient (Wildman–Crippen LogP) is 1.74. The third kappa shape index (κ3) is 2.53. The van der Waals surface area contributed by atoms with Crippen LogP contribution >= 0.6 is 11.5 Å². The molecule has 1 aliphatic heterocycles. The van der Waals surface area contributed by atoms with Crippen molar-refractivity contribution in [3.63, 3.8) is 0 Å². The summed E-state index contributed by atoms with van der Waals surface area (Å²) in [6.07, 6.45) is 5.46. The van der Waals surface area contributed by atoms with Crippen LogP contribution in [0.1, 0.15) is 23.2 Å². The lowest BCUT2D eigenvalue weighted by molar-refractivity contribution is 0.196. The summed E-state index contributed by atoms with van der Waals surface area (Å²) in [5.41, 5.74) is 3.91. The number of hydrogen-bond acceptors (Lipinski definition) is 6. The van der Waals surface area contributed by atoms with Crippen molar-refractivity contribution in [1.82, 2.24) is 19.5 Å². The molecule has 0 radical (unpaired) electrons.